The number of hydrogen-bond donors (Lipinski definition) is 0. The molecule has 0 N–H and O–H groups in total. The Morgan fingerprint density at radius 3 is 2.67 bits per heavy atom. The van der Waals surface area contributed by atoms with Crippen molar-refractivity contribution in [1.29, 1.82) is 0 Å². The first-order valence-electron chi connectivity index (χ1n) is 7.42. The van der Waals surface area contributed by atoms with Crippen LogP contribution in [0.1, 0.15) is 43.0 Å². The van der Waals surface area contributed by atoms with Gasteiger partial charge in [0, 0.05) is 11.6 Å². The molecule has 1 fully saturated rings. The Balaban J connectivity index is 1.96. The van der Waals surface area contributed by atoms with Gasteiger partial charge in [-0.25, -0.2) is 0 Å². The minimum atomic E-state index is -2.84. The summed E-state index contributed by atoms with van der Waals surface area (Å²) >= 11 is 0. The average molecular weight is 297 g/mol. The normalized spacial score (nSPS) is 19.7. The summed E-state index contributed by atoms with van der Waals surface area (Å²) in [6, 6.07) is 6.39. The summed E-state index contributed by atoms with van der Waals surface area (Å²) in [6.45, 7) is 0.652. The Morgan fingerprint density at radius 1 is 1.33 bits per heavy atom. The van der Waals surface area contributed by atoms with Gasteiger partial charge >= 0.3 is 6.61 Å². The molecule has 21 heavy (non-hydrogen) atoms. The van der Waals surface area contributed by atoms with Gasteiger partial charge in [-0.1, -0.05) is 13.3 Å². The van der Waals surface area contributed by atoms with Crippen LogP contribution in [0, 0.1) is 0 Å². The van der Waals surface area contributed by atoms with Crippen LogP contribution >= 0.6 is 0 Å². The van der Waals surface area contributed by atoms with Gasteiger partial charge in [0.25, 0.3) is 0 Å². The SMILES string of the molecule is CC[C@H]1CCCCN1CC(=O)c1ccc(OC(F)F)cc1. The van der Waals surface area contributed by atoms with Gasteiger partial charge in [-0.05, 0) is 50.1 Å². The maximum Gasteiger partial charge on any atom is 0.387 e. The number of ketones is 1. The van der Waals surface area contributed by atoms with E-state index in [1.54, 1.807) is 12.1 Å². The number of halogens is 2. The lowest BCUT2D eigenvalue weighted by Crippen LogP contribution is -2.42. The molecule has 0 saturated carbocycles. The lowest BCUT2D eigenvalue weighted by atomic mass is 9.99. The zero-order valence-electron chi connectivity index (χ0n) is 12.2. The van der Waals surface area contributed by atoms with E-state index in [2.05, 4.69) is 16.6 Å². The van der Waals surface area contributed by atoms with Gasteiger partial charge in [-0.3, -0.25) is 9.69 Å². The molecule has 1 saturated heterocycles. The van der Waals surface area contributed by atoms with Gasteiger partial charge in [-0.2, -0.15) is 8.78 Å². The molecule has 0 aliphatic carbocycles. The third-order valence-corrected chi connectivity index (χ3v) is 3.97. The van der Waals surface area contributed by atoms with E-state index in [9.17, 15) is 13.6 Å². The Labute approximate surface area is 123 Å². The van der Waals surface area contributed by atoms with E-state index in [0.29, 0.717) is 18.2 Å². The number of carbonyl (C=O) groups is 1. The number of alkyl halides is 2. The van der Waals surface area contributed by atoms with Crippen molar-refractivity contribution in [3.05, 3.63) is 29.8 Å². The van der Waals surface area contributed by atoms with Crippen LogP contribution in [0.3, 0.4) is 0 Å². The maximum atomic E-state index is 12.3. The molecule has 0 bridgehead atoms. The van der Waals surface area contributed by atoms with Crippen molar-refractivity contribution in [2.24, 2.45) is 0 Å². The molecule has 0 aromatic heterocycles. The van der Waals surface area contributed by atoms with Crippen LogP contribution < -0.4 is 4.74 Å². The van der Waals surface area contributed by atoms with Gasteiger partial charge < -0.3 is 4.74 Å². The molecule has 1 heterocycles. The molecule has 0 spiro atoms. The fourth-order valence-electron chi connectivity index (χ4n) is 2.83. The highest BCUT2D eigenvalue weighted by Gasteiger charge is 2.23. The second-order valence-corrected chi connectivity index (χ2v) is 5.35. The second-order valence-electron chi connectivity index (χ2n) is 5.35. The lowest BCUT2D eigenvalue weighted by molar-refractivity contribution is -0.0498. The van der Waals surface area contributed by atoms with E-state index >= 15 is 0 Å². The van der Waals surface area contributed by atoms with Crippen molar-refractivity contribution >= 4 is 5.78 Å². The summed E-state index contributed by atoms with van der Waals surface area (Å²) in [6.07, 6.45) is 4.55. The molecule has 1 aliphatic rings. The number of piperidine rings is 1. The summed E-state index contributed by atoms with van der Waals surface area (Å²) < 4.78 is 28.4. The number of rotatable bonds is 6. The predicted molar refractivity (Wildman–Crippen MR) is 76.9 cm³/mol. The molecular weight excluding hydrogens is 276 g/mol. The third-order valence-electron chi connectivity index (χ3n) is 3.97. The summed E-state index contributed by atoms with van der Waals surface area (Å²) in [5, 5.41) is 0. The number of carbonyl (C=O) groups excluding carboxylic acids is 1. The van der Waals surface area contributed by atoms with Crippen LogP contribution in [0.25, 0.3) is 0 Å². The highest BCUT2D eigenvalue weighted by atomic mass is 19.3. The van der Waals surface area contributed by atoms with Crippen molar-refractivity contribution in [3.8, 4) is 5.75 Å². The van der Waals surface area contributed by atoms with Crippen LogP contribution in [0.15, 0.2) is 24.3 Å². The molecule has 0 unspecified atom stereocenters. The minimum Gasteiger partial charge on any atom is -0.435 e. The molecule has 0 amide bonds. The third kappa shape index (κ3) is 4.49. The predicted octanol–water partition coefficient (Wildman–Crippen LogP) is 3.74. The van der Waals surface area contributed by atoms with Crippen molar-refractivity contribution in [1.82, 2.24) is 4.90 Å². The van der Waals surface area contributed by atoms with Crippen LogP contribution in [0.5, 0.6) is 5.75 Å². The van der Waals surface area contributed by atoms with Gasteiger partial charge in [0.05, 0.1) is 6.54 Å². The summed E-state index contributed by atoms with van der Waals surface area (Å²) in [7, 11) is 0. The standard InChI is InChI=1S/C16H21F2NO2/c1-2-13-5-3-4-10-19(13)11-15(20)12-6-8-14(9-7-12)21-16(17)18/h6-9,13,16H,2-5,10-11H2,1H3/t13-/m0/s1. The van der Waals surface area contributed by atoms with Crippen molar-refractivity contribution in [2.45, 2.75) is 45.3 Å². The van der Waals surface area contributed by atoms with Crippen molar-refractivity contribution < 1.29 is 18.3 Å². The molecular formula is C16H21F2NO2. The molecule has 2 rings (SSSR count). The molecule has 5 heteroatoms. The number of Topliss-reactive ketones (excluding diaryl/α,β-unsaturated/α-hetero) is 1. The Bertz CT molecular complexity index is 462. The van der Waals surface area contributed by atoms with Gasteiger partial charge in [0.2, 0.25) is 0 Å². The lowest BCUT2D eigenvalue weighted by Gasteiger charge is -2.34. The van der Waals surface area contributed by atoms with Gasteiger partial charge in [-0.15, -0.1) is 0 Å². The molecule has 0 radical (unpaired) electrons. The number of hydrogen-bond acceptors (Lipinski definition) is 3. The molecule has 1 atom stereocenters. The number of ether oxygens (including phenoxy) is 1. The summed E-state index contributed by atoms with van der Waals surface area (Å²) in [4.78, 5) is 14.5. The minimum absolute atomic E-state index is 0.0268. The number of nitrogens with zero attached hydrogens (tertiary/aromatic N) is 1. The Kier molecular flexibility index (Phi) is 5.67. The van der Waals surface area contributed by atoms with Gasteiger partial charge in [0.15, 0.2) is 5.78 Å². The smallest absolute Gasteiger partial charge is 0.387 e. The van der Waals surface area contributed by atoms with Crippen molar-refractivity contribution in [3.63, 3.8) is 0 Å². The van der Waals surface area contributed by atoms with E-state index in [-0.39, 0.29) is 11.5 Å². The van der Waals surface area contributed by atoms with Crippen LogP contribution in [0.4, 0.5) is 8.78 Å². The van der Waals surface area contributed by atoms with E-state index < -0.39 is 6.61 Å². The molecule has 1 aromatic carbocycles. The highest BCUT2D eigenvalue weighted by molar-refractivity contribution is 5.97. The van der Waals surface area contributed by atoms with Crippen LogP contribution in [-0.4, -0.2) is 36.4 Å². The first-order valence-corrected chi connectivity index (χ1v) is 7.42. The van der Waals surface area contributed by atoms with E-state index in [1.807, 2.05) is 0 Å². The zero-order chi connectivity index (χ0) is 15.2. The Morgan fingerprint density at radius 2 is 2.05 bits per heavy atom. The topological polar surface area (TPSA) is 29.5 Å². The second kappa shape index (κ2) is 7.50. The van der Waals surface area contributed by atoms with E-state index in [0.717, 1.165) is 25.8 Å². The zero-order valence-corrected chi connectivity index (χ0v) is 12.2. The van der Waals surface area contributed by atoms with Crippen LogP contribution in [0.2, 0.25) is 0 Å². The molecule has 1 aliphatic heterocycles. The maximum absolute atomic E-state index is 12.3. The monoisotopic (exact) mass is 297 g/mol. The van der Waals surface area contributed by atoms with E-state index in [4.69, 9.17) is 0 Å². The first kappa shape index (κ1) is 15.9. The van der Waals surface area contributed by atoms with Crippen molar-refractivity contribution in [2.75, 3.05) is 13.1 Å². The largest absolute Gasteiger partial charge is 0.435 e. The number of benzene rings is 1. The summed E-state index contributed by atoms with van der Waals surface area (Å²) in [5.74, 6) is 0.102. The molecule has 116 valence electrons. The molecule has 1 aromatic rings. The van der Waals surface area contributed by atoms with Gasteiger partial charge in [0.1, 0.15) is 5.75 Å². The summed E-state index contributed by atoms with van der Waals surface area (Å²) in [5.41, 5.74) is 0.539. The first-order chi connectivity index (χ1) is 10.1. The van der Waals surface area contributed by atoms with Crippen LogP contribution in [-0.2, 0) is 0 Å². The quantitative estimate of drug-likeness (QED) is 0.749. The fraction of sp³-hybridized carbons (Fsp3) is 0.562. The fourth-order valence-corrected chi connectivity index (χ4v) is 2.83. The van der Waals surface area contributed by atoms with E-state index in [1.165, 1.54) is 18.6 Å². The Hall–Kier alpha value is -1.49. The highest BCUT2D eigenvalue weighted by Crippen LogP contribution is 2.20. The molecule has 3 nitrogen and oxygen atoms in total. The average Bonchev–Trinajstić information content (AvgIpc) is 2.48. The number of likely N-dealkylation sites (tertiary alicyclic amines) is 1.